The summed E-state index contributed by atoms with van der Waals surface area (Å²) in [5, 5.41) is 0. The van der Waals surface area contributed by atoms with E-state index in [0.29, 0.717) is 17.8 Å². The molecular formula is C68H86N2. The number of hydrogen-bond donors (Lipinski definition) is 0. The van der Waals surface area contributed by atoms with E-state index >= 15 is 0 Å². The maximum Gasteiger partial charge on any atom is 0.0576 e. The van der Waals surface area contributed by atoms with Crippen LogP contribution in [0.15, 0.2) is 144 Å². The average Bonchev–Trinajstić information content (AvgIpc) is 3.62. The molecule has 0 aliphatic heterocycles. The normalized spacial score (nSPS) is 16.2. The zero-order chi connectivity index (χ0) is 50.1. The van der Waals surface area contributed by atoms with Gasteiger partial charge in [-0.1, -0.05) is 201 Å². The smallest absolute Gasteiger partial charge is 0.0576 e. The molecule has 1 atom stereocenters. The first-order valence-electron chi connectivity index (χ1n) is 27.3. The molecule has 1 saturated carbocycles. The molecule has 2 nitrogen and oxygen atoms in total. The first-order chi connectivity index (χ1) is 33.3. The third kappa shape index (κ3) is 10.9. The molecule has 0 N–H and O–H groups in total. The quantitative estimate of drug-likeness (QED) is 0.116. The molecule has 2 heteroatoms. The molecule has 0 heterocycles. The highest BCUT2D eigenvalue weighted by atomic mass is 15.2. The lowest BCUT2D eigenvalue weighted by Gasteiger charge is -2.35. The summed E-state index contributed by atoms with van der Waals surface area (Å²) in [4.78, 5) is 5.29. The first kappa shape index (κ1) is 51.0. The number of benzene rings is 5. The van der Waals surface area contributed by atoms with Gasteiger partial charge in [0.1, 0.15) is 0 Å². The highest BCUT2D eigenvalue weighted by Crippen LogP contribution is 2.51. The van der Waals surface area contributed by atoms with E-state index in [1.165, 1.54) is 147 Å². The molecule has 3 aliphatic carbocycles. The van der Waals surface area contributed by atoms with Crippen LogP contribution >= 0.6 is 0 Å². The van der Waals surface area contributed by atoms with Gasteiger partial charge in [-0.05, 0) is 165 Å². The highest BCUT2D eigenvalue weighted by Gasteiger charge is 2.34. The van der Waals surface area contributed by atoms with Crippen LogP contribution in [-0.2, 0) is 16.2 Å². The lowest BCUT2D eigenvalue weighted by Crippen LogP contribution is -2.22. The van der Waals surface area contributed by atoms with Crippen LogP contribution in [0.4, 0.5) is 22.7 Å². The largest absolute Gasteiger partial charge is 0.310 e. The van der Waals surface area contributed by atoms with E-state index in [1.807, 2.05) is 0 Å². The summed E-state index contributed by atoms with van der Waals surface area (Å²) in [6.45, 7) is 32.6. The van der Waals surface area contributed by atoms with Crippen LogP contribution in [-0.4, -0.2) is 0 Å². The van der Waals surface area contributed by atoms with Gasteiger partial charge in [0.2, 0.25) is 0 Å². The predicted octanol–water partition coefficient (Wildman–Crippen LogP) is 20.3. The molecule has 5 aromatic carbocycles. The van der Waals surface area contributed by atoms with Gasteiger partial charge in [0.25, 0.3) is 0 Å². The summed E-state index contributed by atoms with van der Waals surface area (Å²) in [6, 6.07) is 43.6. The molecular weight excluding hydrogens is 845 g/mol. The van der Waals surface area contributed by atoms with Crippen molar-refractivity contribution in [1.29, 1.82) is 0 Å². The Bertz CT molecular complexity index is 2740. The molecule has 0 aromatic heterocycles. The van der Waals surface area contributed by atoms with Crippen molar-refractivity contribution in [3.05, 3.63) is 189 Å². The van der Waals surface area contributed by atoms with Crippen molar-refractivity contribution in [3.8, 4) is 0 Å². The summed E-state index contributed by atoms with van der Waals surface area (Å²) < 4.78 is 0. The van der Waals surface area contributed by atoms with Gasteiger partial charge in [0.15, 0.2) is 0 Å². The van der Waals surface area contributed by atoms with Crippen LogP contribution in [0.1, 0.15) is 211 Å². The monoisotopic (exact) mass is 931 g/mol. The maximum atomic E-state index is 2.66. The lowest BCUT2D eigenvalue weighted by atomic mass is 9.82. The molecule has 368 valence electrons. The van der Waals surface area contributed by atoms with Crippen LogP contribution in [0.25, 0.3) is 11.4 Å². The Morgan fingerprint density at radius 3 is 1.63 bits per heavy atom. The Morgan fingerprint density at radius 2 is 1.10 bits per heavy atom. The second-order valence-corrected chi connectivity index (χ2v) is 24.6. The molecule has 0 amide bonds. The first-order valence-corrected chi connectivity index (χ1v) is 27.3. The Balaban J connectivity index is 1.50. The predicted molar refractivity (Wildman–Crippen MR) is 306 cm³/mol. The van der Waals surface area contributed by atoms with E-state index in [-0.39, 0.29) is 16.2 Å². The number of nitrogens with zero attached hydrogens (tertiary/aromatic N) is 2. The fraction of sp³-hybridized carbons (Fsp3) is 0.441. The third-order valence-electron chi connectivity index (χ3n) is 15.9. The van der Waals surface area contributed by atoms with E-state index in [4.69, 9.17) is 0 Å². The standard InChI is InChI=1S/C68H86N2/c1-15-17-21-48(16-2)51-24-25-53-44-54(43-51)65(70(60-38-31-56(32-39-60)67(9,10)11)63-41-33-57(42-47(63)5)68(12,13)14)61-40-28-52(50-22-19-18-20-23-50)45-62(61)64(53)69(58-34-26-49(27-35-58)46(3)4)59-36-29-55(30-37-59)66(6,7)8/h24-43,45-46,48,50H,15-23,44H2,1-14H3. The second-order valence-electron chi connectivity index (χ2n) is 24.6. The molecule has 0 spiro atoms. The Labute approximate surface area is 425 Å². The summed E-state index contributed by atoms with van der Waals surface area (Å²) >= 11 is 0. The molecule has 70 heavy (non-hydrogen) atoms. The molecule has 0 saturated heterocycles. The minimum Gasteiger partial charge on any atom is -0.310 e. The van der Waals surface area contributed by atoms with Gasteiger partial charge in [-0.15, -0.1) is 0 Å². The van der Waals surface area contributed by atoms with Gasteiger partial charge >= 0.3 is 0 Å². The van der Waals surface area contributed by atoms with Crippen molar-refractivity contribution < 1.29 is 0 Å². The molecule has 8 rings (SSSR count). The second kappa shape index (κ2) is 20.8. The Morgan fingerprint density at radius 1 is 0.557 bits per heavy atom. The van der Waals surface area contributed by atoms with Crippen LogP contribution in [0.2, 0.25) is 0 Å². The zero-order valence-corrected chi connectivity index (χ0v) is 45.8. The van der Waals surface area contributed by atoms with E-state index in [0.717, 1.165) is 12.8 Å². The molecule has 1 fully saturated rings. The van der Waals surface area contributed by atoms with Gasteiger partial charge < -0.3 is 9.80 Å². The Kier molecular flexibility index (Phi) is 15.2. The van der Waals surface area contributed by atoms with Crippen molar-refractivity contribution in [3.63, 3.8) is 0 Å². The summed E-state index contributed by atoms with van der Waals surface area (Å²) in [5.74, 6) is 1.47. The van der Waals surface area contributed by atoms with Crippen molar-refractivity contribution in [2.45, 2.75) is 189 Å². The summed E-state index contributed by atoms with van der Waals surface area (Å²) in [5.41, 5.74) is 22.5. The number of aryl methyl sites for hydroxylation is 1. The molecule has 2 bridgehead atoms. The number of hydrogen-bond acceptors (Lipinski definition) is 2. The van der Waals surface area contributed by atoms with Gasteiger partial charge in [0, 0.05) is 40.3 Å². The van der Waals surface area contributed by atoms with Crippen LogP contribution < -0.4 is 9.80 Å². The molecule has 5 aromatic rings. The molecule has 3 aliphatic rings. The van der Waals surface area contributed by atoms with Crippen molar-refractivity contribution in [2.75, 3.05) is 9.80 Å². The van der Waals surface area contributed by atoms with Crippen LogP contribution in [0.3, 0.4) is 0 Å². The van der Waals surface area contributed by atoms with Crippen molar-refractivity contribution in [2.24, 2.45) is 5.92 Å². The van der Waals surface area contributed by atoms with E-state index < -0.39 is 0 Å². The SMILES string of the molecule is CCCCC(CC)C1=CC2=C(N(c3ccc(C(C)(C)C)cc3)c3ccc(C(C)(C)C)cc3C)c3ccc(C4CCCCC4)cc3C(N(c3ccc(C(C)C)cc3)c3ccc(C(C)(C)C)cc3)=C(C=C1)C2. The van der Waals surface area contributed by atoms with Gasteiger partial charge in [-0.25, -0.2) is 0 Å². The van der Waals surface area contributed by atoms with E-state index in [1.54, 1.807) is 0 Å². The van der Waals surface area contributed by atoms with Gasteiger partial charge in [-0.3, -0.25) is 0 Å². The number of allylic oxidation sites excluding steroid dienone is 6. The fourth-order valence-electron chi connectivity index (χ4n) is 11.3. The van der Waals surface area contributed by atoms with Gasteiger partial charge in [-0.2, -0.15) is 0 Å². The topological polar surface area (TPSA) is 6.48 Å². The summed E-state index contributed by atoms with van der Waals surface area (Å²) in [7, 11) is 0. The number of fused-ring (bicyclic) bond motifs is 3. The number of unbranched alkanes of at least 4 members (excludes halogenated alkanes) is 1. The minimum absolute atomic E-state index is 0.0305. The van der Waals surface area contributed by atoms with Crippen molar-refractivity contribution in [1.82, 2.24) is 0 Å². The van der Waals surface area contributed by atoms with Gasteiger partial charge in [0.05, 0.1) is 11.4 Å². The average molecular weight is 931 g/mol. The zero-order valence-electron chi connectivity index (χ0n) is 45.8. The highest BCUT2D eigenvalue weighted by molar-refractivity contribution is 6.01. The van der Waals surface area contributed by atoms with Crippen molar-refractivity contribution >= 4 is 34.1 Å². The Hall–Kier alpha value is -5.34. The molecule has 1 unspecified atom stereocenters. The number of anilines is 4. The summed E-state index contributed by atoms with van der Waals surface area (Å²) in [6.07, 6.45) is 19.7. The lowest BCUT2D eigenvalue weighted by molar-refractivity contribution is 0.443. The van der Waals surface area contributed by atoms with Crippen LogP contribution in [0.5, 0.6) is 0 Å². The van der Waals surface area contributed by atoms with E-state index in [9.17, 15) is 0 Å². The van der Waals surface area contributed by atoms with E-state index in [2.05, 4.69) is 234 Å². The fourth-order valence-corrected chi connectivity index (χ4v) is 11.3. The van der Waals surface area contributed by atoms with Crippen LogP contribution in [0, 0.1) is 12.8 Å². The number of rotatable bonds is 13. The maximum absolute atomic E-state index is 2.66. The third-order valence-corrected chi connectivity index (χ3v) is 15.9. The minimum atomic E-state index is 0.0305. The molecule has 0 radical (unpaired) electrons.